The maximum absolute atomic E-state index is 12.4. The number of hydrogen-bond acceptors (Lipinski definition) is 7. The average molecular weight is 482 g/mol. The molecule has 5 saturated carbocycles. The molecule has 0 aromatic carbocycles. The van der Waals surface area contributed by atoms with Crippen molar-refractivity contribution < 1.29 is 24.2 Å². The van der Waals surface area contributed by atoms with Gasteiger partial charge in [0.1, 0.15) is 23.7 Å². The number of nitrogens with one attached hydrogen (secondary N) is 1. The second kappa shape index (κ2) is 7.93. The van der Waals surface area contributed by atoms with Crippen LogP contribution in [0.5, 0.6) is 5.75 Å². The third-order valence-electron chi connectivity index (χ3n) is 8.60. The summed E-state index contributed by atoms with van der Waals surface area (Å²) < 4.78 is 13.3. The van der Waals surface area contributed by atoms with Crippen LogP contribution in [-0.2, 0) is 29.6 Å². The minimum absolute atomic E-state index is 0.0130. The Morgan fingerprint density at radius 1 is 1.29 bits per heavy atom. The van der Waals surface area contributed by atoms with Crippen molar-refractivity contribution in [3.8, 4) is 17.1 Å². The summed E-state index contributed by atoms with van der Waals surface area (Å²) in [6, 6.07) is 3.69. The molecule has 5 fully saturated rings. The van der Waals surface area contributed by atoms with Crippen molar-refractivity contribution in [2.45, 2.75) is 76.5 Å². The first-order valence-corrected chi connectivity index (χ1v) is 12.6. The van der Waals surface area contributed by atoms with E-state index in [2.05, 4.69) is 15.6 Å². The highest BCUT2D eigenvalue weighted by molar-refractivity contribution is 5.71. The second-order valence-corrected chi connectivity index (χ2v) is 10.8. The zero-order chi connectivity index (χ0) is 24.4. The van der Waals surface area contributed by atoms with Crippen molar-refractivity contribution >= 4 is 12.1 Å². The number of carboxylic acids is 1. The summed E-state index contributed by atoms with van der Waals surface area (Å²) in [7, 11) is 1.77. The number of aromatic nitrogens is 4. The van der Waals surface area contributed by atoms with Gasteiger partial charge in [-0.1, -0.05) is 12.1 Å². The van der Waals surface area contributed by atoms with Crippen molar-refractivity contribution in [2.75, 3.05) is 0 Å². The molecule has 0 unspecified atom stereocenters. The molecule has 35 heavy (non-hydrogen) atoms. The maximum Gasteiger partial charge on any atom is 0.407 e. The first-order valence-electron chi connectivity index (χ1n) is 12.6. The molecule has 10 heteroatoms. The van der Waals surface area contributed by atoms with Crippen molar-refractivity contribution in [1.29, 1.82) is 0 Å². The van der Waals surface area contributed by atoms with Gasteiger partial charge in [0.2, 0.25) is 0 Å². The first kappa shape index (κ1) is 22.3. The van der Waals surface area contributed by atoms with Crippen LogP contribution in [0.1, 0.15) is 63.3 Å². The van der Waals surface area contributed by atoms with Crippen molar-refractivity contribution in [3.05, 3.63) is 23.5 Å². The number of nitrogens with zero attached hydrogens (tertiary/aromatic N) is 4. The molecule has 3 atom stereocenters. The molecule has 0 saturated heterocycles. The molecule has 0 aliphatic heterocycles. The summed E-state index contributed by atoms with van der Waals surface area (Å²) in [6.45, 7) is 2.05. The number of carbonyl (C=O) groups excluding carboxylic acids is 1. The van der Waals surface area contributed by atoms with Crippen molar-refractivity contribution in [1.82, 2.24) is 25.3 Å². The lowest BCUT2D eigenvalue weighted by molar-refractivity contribution is -0.143. The smallest absolute Gasteiger partial charge is 0.407 e. The van der Waals surface area contributed by atoms with Crippen LogP contribution in [0.2, 0.25) is 0 Å². The highest BCUT2D eigenvalue weighted by Crippen LogP contribution is 2.87. The van der Waals surface area contributed by atoms with E-state index < -0.39 is 12.1 Å². The third-order valence-corrected chi connectivity index (χ3v) is 8.60. The lowest BCUT2D eigenvalue weighted by Crippen LogP contribution is -2.69. The molecule has 2 N–H and O–H groups in total. The Kier molecular flexibility index (Phi) is 5.05. The van der Waals surface area contributed by atoms with Crippen LogP contribution in [0.3, 0.4) is 0 Å². The highest BCUT2D eigenvalue weighted by atomic mass is 16.5. The van der Waals surface area contributed by atoms with Gasteiger partial charge >= 0.3 is 12.1 Å². The Morgan fingerprint density at radius 2 is 2.11 bits per heavy atom. The molecular weight excluding hydrogens is 450 g/mol. The minimum Gasteiger partial charge on any atom is -0.488 e. The number of ether oxygens (including phenoxy) is 2. The topological polar surface area (TPSA) is 128 Å². The van der Waals surface area contributed by atoms with E-state index in [4.69, 9.17) is 14.5 Å². The lowest BCUT2D eigenvalue weighted by atomic mass is 9.49. The van der Waals surface area contributed by atoms with E-state index in [1.807, 2.05) is 19.1 Å². The number of aryl methyl sites for hydroxylation is 2. The molecule has 7 rings (SSSR count). The number of amides is 1. The summed E-state index contributed by atoms with van der Waals surface area (Å²) in [6.07, 6.45) is 6.44. The van der Waals surface area contributed by atoms with E-state index in [1.165, 1.54) is 6.42 Å². The van der Waals surface area contributed by atoms with Gasteiger partial charge in [-0.15, -0.1) is 5.10 Å². The van der Waals surface area contributed by atoms with Crippen LogP contribution in [0.4, 0.5) is 4.79 Å². The van der Waals surface area contributed by atoms with E-state index in [1.54, 1.807) is 11.7 Å². The molecule has 5 aliphatic rings. The van der Waals surface area contributed by atoms with Gasteiger partial charge in [-0.25, -0.2) is 14.5 Å². The summed E-state index contributed by atoms with van der Waals surface area (Å²) in [4.78, 5) is 28.6. The zero-order valence-electron chi connectivity index (χ0n) is 20.1. The largest absolute Gasteiger partial charge is 0.488 e. The first-order chi connectivity index (χ1) is 16.8. The van der Waals surface area contributed by atoms with Crippen LogP contribution in [0.15, 0.2) is 12.1 Å². The average Bonchev–Trinajstić information content (AvgIpc) is 3.17. The summed E-state index contributed by atoms with van der Waals surface area (Å²) >= 11 is 0. The van der Waals surface area contributed by atoms with E-state index in [-0.39, 0.29) is 24.2 Å². The Labute approximate surface area is 203 Å². The number of hydrogen-bond donors (Lipinski definition) is 2. The van der Waals surface area contributed by atoms with E-state index >= 15 is 0 Å². The molecule has 10 nitrogen and oxygen atoms in total. The number of rotatable bonds is 8. The zero-order valence-corrected chi connectivity index (χ0v) is 20.1. The van der Waals surface area contributed by atoms with Crippen LogP contribution in [0.25, 0.3) is 11.4 Å². The fraction of sp³-hybridized carbons (Fsp3) is 0.640. The summed E-state index contributed by atoms with van der Waals surface area (Å²) in [5, 5.41) is 20.8. The quantitative estimate of drug-likeness (QED) is 0.588. The highest BCUT2D eigenvalue weighted by Gasteiger charge is 2.86. The van der Waals surface area contributed by atoms with Gasteiger partial charge in [0.15, 0.2) is 0 Å². The maximum atomic E-state index is 12.4. The van der Waals surface area contributed by atoms with Gasteiger partial charge in [-0.05, 0) is 74.8 Å². The van der Waals surface area contributed by atoms with Gasteiger partial charge in [-0.2, -0.15) is 0 Å². The van der Waals surface area contributed by atoms with Crippen LogP contribution in [-0.4, -0.2) is 48.8 Å². The molecule has 2 aromatic rings. The Bertz CT molecular complexity index is 1190. The number of aliphatic carboxylic acids is 1. The second-order valence-electron chi connectivity index (χ2n) is 10.8. The minimum atomic E-state index is -0.755. The molecular formula is C25H31N5O5. The van der Waals surface area contributed by atoms with Gasteiger partial charge in [0, 0.05) is 12.6 Å². The van der Waals surface area contributed by atoms with Gasteiger partial charge in [-0.3, -0.25) is 4.79 Å². The number of carboxylic acid groups (broad SMARTS) is 1. The molecule has 1 amide bonds. The Hall–Kier alpha value is -3.17. The molecule has 2 aromatic heterocycles. The lowest BCUT2D eigenvalue weighted by Gasteiger charge is -2.60. The molecule has 5 aliphatic carbocycles. The number of carbonyl (C=O) groups is 2. The van der Waals surface area contributed by atoms with E-state index in [9.17, 15) is 14.7 Å². The summed E-state index contributed by atoms with van der Waals surface area (Å²) in [5.74, 6) is 0.224. The SMILES string of the molecule is CCc1nc(-c2nnn(C)c2COC(=O)NC23CC4(C[C@@H]42)C3)ccc1O[C@H]1CCC[C@H](C(=O)O)C1. The molecule has 1 spiro atoms. The van der Waals surface area contributed by atoms with Gasteiger partial charge in [0.05, 0.1) is 23.4 Å². The molecule has 2 bridgehead atoms. The van der Waals surface area contributed by atoms with E-state index in [0.29, 0.717) is 53.4 Å². The fourth-order valence-electron chi connectivity index (χ4n) is 6.63. The Balaban J connectivity index is 1.13. The number of pyridine rings is 1. The van der Waals surface area contributed by atoms with Crippen LogP contribution in [0, 0.1) is 17.3 Å². The van der Waals surface area contributed by atoms with Crippen molar-refractivity contribution in [3.63, 3.8) is 0 Å². The number of alkyl carbamates (subject to hydrolysis) is 1. The normalized spacial score (nSPS) is 32.0. The molecule has 2 heterocycles. The standard InChI is InChI=1S/C25H31N5O5/c1-3-16-19(35-15-6-4-5-14(9-15)22(31)32)8-7-17(26-16)21-18(30(2)29-28-21)11-34-23(33)27-25-12-24(13-25)10-20(24)25/h7-8,14-15,20H,3-6,9-13H2,1-2H3,(H,27,33)(H,31,32)/t14-,15-,20-,24?,25?/m0/s1. The Morgan fingerprint density at radius 3 is 2.80 bits per heavy atom. The third kappa shape index (κ3) is 3.65. The monoisotopic (exact) mass is 481 g/mol. The van der Waals surface area contributed by atoms with Gasteiger partial charge < -0.3 is 19.9 Å². The predicted molar refractivity (Wildman–Crippen MR) is 123 cm³/mol. The van der Waals surface area contributed by atoms with Crippen molar-refractivity contribution in [2.24, 2.45) is 24.3 Å². The van der Waals surface area contributed by atoms with Crippen LogP contribution < -0.4 is 10.1 Å². The van der Waals surface area contributed by atoms with Crippen LogP contribution >= 0.6 is 0 Å². The predicted octanol–water partition coefficient (Wildman–Crippen LogP) is 3.24. The molecule has 186 valence electrons. The fourth-order valence-corrected chi connectivity index (χ4v) is 6.63. The summed E-state index contributed by atoms with van der Waals surface area (Å²) in [5.41, 5.74) is 3.20. The van der Waals surface area contributed by atoms with Gasteiger partial charge in [0.25, 0.3) is 0 Å². The van der Waals surface area contributed by atoms with E-state index in [0.717, 1.165) is 31.4 Å². The molecule has 0 radical (unpaired) electrons.